The summed E-state index contributed by atoms with van der Waals surface area (Å²) in [7, 11) is 0. The molecule has 1 saturated heterocycles. The summed E-state index contributed by atoms with van der Waals surface area (Å²) < 4.78 is 5.70. The van der Waals surface area contributed by atoms with Gasteiger partial charge in [-0.3, -0.25) is 9.59 Å². The molecule has 120 valence electrons. The Labute approximate surface area is 140 Å². The van der Waals surface area contributed by atoms with Gasteiger partial charge in [0.05, 0.1) is 11.6 Å². The van der Waals surface area contributed by atoms with Crippen LogP contribution in [0.1, 0.15) is 24.2 Å². The SMILES string of the molecule is CC(C)C1COC(=O)N1C(=O)c1c[nH]c2c(Br)cccc2c1=O. The third-order valence-electron chi connectivity index (χ3n) is 3.99. The molecule has 2 heterocycles. The minimum Gasteiger partial charge on any atom is -0.447 e. The first-order valence-electron chi connectivity index (χ1n) is 7.22. The molecule has 7 heteroatoms. The van der Waals surface area contributed by atoms with E-state index >= 15 is 0 Å². The van der Waals surface area contributed by atoms with Crippen LogP contribution in [0.25, 0.3) is 10.9 Å². The maximum Gasteiger partial charge on any atom is 0.417 e. The molecule has 1 atom stereocenters. The van der Waals surface area contributed by atoms with E-state index in [1.165, 1.54) is 6.20 Å². The number of carbonyl (C=O) groups is 2. The summed E-state index contributed by atoms with van der Waals surface area (Å²) in [6, 6.07) is 4.79. The van der Waals surface area contributed by atoms with Gasteiger partial charge in [0.2, 0.25) is 5.43 Å². The molecule has 1 fully saturated rings. The molecule has 0 spiro atoms. The van der Waals surface area contributed by atoms with E-state index in [4.69, 9.17) is 4.74 Å². The van der Waals surface area contributed by atoms with Crippen molar-refractivity contribution in [3.8, 4) is 0 Å². The Morgan fingerprint density at radius 1 is 1.39 bits per heavy atom. The second kappa shape index (κ2) is 5.81. The van der Waals surface area contributed by atoms with Gasteiger partial charge in [-0.1, -0.05) is 19.9 Å². The molecule has 0 aliphatic carbocycles. The number of ether oxygens (including phenoxy) is 1. The van der Waals surface area contributed by atoms with Gasteiger partial charge in [-0.05, 0) is 34.0 Å². The number of rotatable bonds is 2. The molecular weight excluding hydrogens is 364 g/mol. The number of aromatic nitrogens is 1. The zero-order valence-corrected chi connectivity index (χ0v) is 14.2. The summed E-state index contributed by atoms with van der Waals surface area (Å²) in [4.78, 5) is 41.2. The summed E-state index contributed by atoms with van der Waals surface area (Å²) in [5.41, 5.74) is 0.130. The van der Waals surface area contributed by atoms with E-state index in [2.05, 4.69) is 20.9 Å². The smallest absolute Gasteiger partial charge is 0.417 e. The van der Waals surface area contributed by atoms with Crippen molar-refractivity contribution < 1.29 is 14.3 Å². The van der Waals surface area contributed by atoms with Crippen LogP contribution in [0.2, 0.25) is 0 Å². The van der Waals surface area contributed by atoms with E-state index in [-0.39, 0.29) is 24.1 Å². The fraction of sp³-hybridized carbons (Fsp3) is 0.312. The quantitative estimate of drug-likeness (QED) is 0.870. The lowest BCUT2D eigenvalue weighted by Crippen LogP contribution is -2.43. The molecule has 0 saturated carbocycles. The van der Waals surface area contributed by atoms with Crippen molar-refractivity contribution >= 4 is 38.8 Å². The van der Waals surface area contributed by atoms with Gasteiger partial charge < -0.3 is 9.72 Å². The van der Waals surface area contributed by atoms with Crippen LogP contribution in [0.3, 0.4) is 0 Å². The molecule has 1 unspecified atom stereocenters. The molecule has 1 aliphatic heterocycles. The Kier molecular flexibility index (Phi) is 3.97. The number of H-pyrrole nitrogens is 1. The number of nitrogens with one attached hydrogen (secondary N) is 1. The summed E-state index contributed by atoms with van der Waals surface area (Å²) >= 11 is 3.36. The number of fused-ring (bicyclic) bond motifs is 1. The first-order chi connectivity index (χ1) is 10.9. The molecule has 0 bridgehead atoms. The highest BCUT2D eigenvalue weighted by atomic mass is 79.9. The van der Waals surface area contributed by atoms with Gasteiger partial charge >= 0.3 is 6.09 Å². The van der Waals surface area contributed by atoms with Crippen LogP contribution in [0.4, 0.5) is 4.79 Å². The van der Waals surface area contributed by atoms with Crippen molar-refractivity contribution in [1.29, 1.82) is 0 Å². The average molecular weight is 379 g/mol. The number of hydrogen-bond donors (Lipinski definition) is 1. The summed E-state index contributed by atoms with van der Waals surface area (Å²) in [6.45, 7) is 3.95. The Morgan fingerprint density at radius 2 is 2.13 bits per heavy atom. The summed E-state index contributed by atoms with van der Waals surface area (Å²) in [5, 5.41) is 0.388. The number of pyridine rings is 1. The highest BCUT2D eigenvalue weighted by Gasteiger charge is 2.40. The van der Waals surface area contributed by atoms with E-state index < -0.39 is 17.4 Å². The first-order valence-corrected chi connectivity index (χ1v) is 8.01. The Hall–Kier alpha value is -2.15. The molecule has 2 aromatic rings. The summed E-state index contributed by atoms with van der Waals surface area (Å²) in [5.74, 6) is -0.589. The number of aromatic amines is 1. The number of benzene rings is 1. The lowest BCUT2D eigenvalue weighted by atomic mass is 10.0. The number of halogens is 1. The van der Waals surface area contributed by atoms with E-state index in [1.807, 2.05) is 13.8 Å². The largest absolute Gasteiger partial charge is 0.447 e. The molecule has 0 radical (unpaired) electrons. The van der Waals surface area contributed by atoms with Crippen molar-refractivity contribution in [1.82, 2.24) is 9.88 Å². The molecule has 6 nitrogen and oxygen atoms in total. The van der Waals surface area contributed by atoms with E-state index in [9.17, 15) is 14.4 Å². The number of carbonyl (C=O) groups excluding carboxylic acids is 2. The van der Waals surface area contributed by atoms with Crippen LogP contribution in [0.5, 0.6) is 0 Å². The number of hydrogen-bond acceptors (Lipinski definition) is 4. The topological polar surface area (TPSA) is 79.5 Å². The van der Waals surface area contributed by atoms with Gasteiger partial charge in [0, 0.05) is 16.1 Å². The maximum atomic E-state index is 12.7. The van der Waals surface area contributed by atoms with Gasteiger partial charge in [-0.25, -0.2) is 9.69 Å². The minimum atomic E-state index is -0.706. The fourth-order valence-electron chi connectivity index (χ4n) is 2.66. The highest BCUT2D eigenvalue weighted by Crippen LogP contribution is 2.23. The predicted molar refractivity (Wildman–Crippen MR) is 88.4 cm³/mol. The second-order valence-corrected chi connectivity index (χ2v) is 6.61. The zero-order chi connectivity index (χ0) is 16.7. The second-order valence-electron chi connectivity index (χ2n) is 5.76. The monoisotopic (exact) mass is 378 g/mol. The van der Waals surface area contributed by atoms with Crippen molar-refractivity contribution in [3.63, 3.8) is 0 Å². The van der Waals surface area contributed by atoms with Gasteiger partial charge in [-0.2, -0.15) is 0 Å². The van der Waals surface area contributed by atoms with Crippen molar-refractivity contribution in [2.45, 2.75) is 19.9 Å². The van der Waals surface area contributed by atoms with E-state index in [0.29, 0.717) is 10.9 Å². The molecule has 1 aliphatic rings. The predicted octanol–water partition coefficient (Wildman–Crippen LogP) is 2.91. The summed E-state index contributed by atoms with van der Waals surface area (Å²) in [6.07, 6.45) is 0.642. The molecule has 1 N–H and O–H groups in total. The molecule has 1 aromatic heterocycles. The Balaban J connectivity index is 2.10. The molecule has 3 rings (SSSR count). The van der Waals surface area contributed by atoms with Gasteiger partial charge in [-0.15, -0.1) is 0 Å². The van der Waals surface area contributed by atoms with Gasteiger partial charge in [0.25, 0.3) is 5.91 Å². The first kappa shape index (κ1) is 15.7. The van der Waals surface area contributed by atoms with E-state index in [1.54, 1.807) is 18.2 Å². The van der Waals surface area contributed by atoms with Crippen molar-refractivity contribution in [2.75, 3.05) is 6.61 Å². The molecule has 1 aromatic carbocycles. The number of amides is 2. The third-order valence-corrected chi connectivity index (χ3v) is 4.65. The van der Waals surface area contributed by atoms with Gasteiger partial charge in [0.1, 0.15) is 12.2 Å². The van der Waals surface area contributed by atoms with E-state index in [0.717, 1.165) is 9.37 Å². The normalized spacial score (nSPS) is 17.8. The average Bonchev–Trinajstić information content (AvgIpc) is 2.90. The van der Waals surface area contributed by atoms with Gasteiger partial charge in [0.15, 0.2) is 0 Å². The number of nitrogens with zero attached hydrogens (tertiary/aromatic N) is 1. The van der Waals surface area contributed by atoms with Crippen molar-refractivity contribution in [3.05, 3.63) is 44.7 Å². The fourth-order valence-corrected chi connectivity index (χ4v) is 3.14. The standard InChI is InChI=1S/C16H15BrN2O4/c1-8(2)12-7-23-16(22)19(12)15(21)10-6-18-13-9(14(10)20)4-3-5-11(13)17/h3-6,8,12H,7H2,1-2H3,(H,18,20). The third kappa shape index (κ3) is 2.55. The molecule has 23 heavy (non-hydrogen) atoms. The maximum absolute atomic E-state index is 12.7. The number of imide groups is 1. The van der Waals surface area contributed by atoms with Crippen LogP contribution in [-0.2, 0) is 4.74 Å². The molecular formula is C16H15BrN2O4. The Bertz CT molecular complexity index is 859. The number of para-hydroxylation sites is 1. The minimum absolute atomic E-state index is 0.0408. The van der Waals surface area contributed by atoms with Crippen LogP contribution in [0, 0.1) is 5.92 Å². The van der Waals surface area contributed by atoms with Crippen molar-refractivity contribution in [2.24, 2.45) is 5.92 Å². The lowest BCUT2D eigenvalue weighted by Gasteiger charge is -2.22. The molecule has 2 amide bonds. The van der Waals surface area contributed by atoms with Crippen LogP contribution < -0.4 is 5.43 Å². The Morgan fingerprint density at radius 3 is 2.83 bits per heavy atom. The highest BCUT2D eigenvalue weighted by molar-refractivity contribution is 9.10. The number of cyclic esters (lactones) is 1. The lowest BCUT2D eigenvalue weighted by molar-refractivity contribution is 0.0750. The van der Waals surface area contributed by atoms with Crippen LogP contribution in [0.15, 0.2) is 33.7 Å². The zero-order valence-electron chi connectivity index (χ0n) is 12.6. The van der Waals surface area contributed by atoms with Crippen LogP contribution >= 0.6 is 15.9 Å². The van der Waals surface area contributed by atoms with Crippen LogP contribution in [-0.4, -0.2) is 34.5 Å².